The number of ketones is 1. The van der Waals surface area contributed by atoms with Crippen molar-refractivity contribution in [3.05, 3.63) is 47.3 Å². The molecule has 2 aliphatic carbocycles. The summed E-state index contributed by atoms with van der Waals surface area (Å²) >= 11 is 0. The lowest BCUT2D eigenvalue weighted by atomic mass is 9.93. The second-order valence-electron chi connectivity index (χ2n) is 8.55. The second-order valence-corrected chi connectivity index (χ2v) is 8.55. The molecular formula is C25H36O5. The third kappa shape index (κ3) is 7.60. The lowest BCUT2D eigenvalue weighted by molar-refractivity contribution is -0.138. The van der Waals surface area contributed by atoms with Gasteiger partial charge < -0.3 is 14.9 Å². The largest absolute Gasteiger partial charge is 0.512 e. The van der Waals surface area contributed by atoms with E-state index in [-0.39, 0.29) is 17.1 Å². The van der Waals surface area contributed by atoms with Crippen LogP contribution in [0.5, 0.6) is 0 Å². The first kappa shape index (κ1) is 24.1. The minimum absolute atomic E-state index is 0.00945. The number of methoxy groups -OCH3 is 1. The Hall–Kier alpha value is -2.14. The molecule has 0 amide bonds. The second kappa shape index (κ2) is 11.9. The van der Waals surface area contributed by atoms with Gasteiger partial charge in [-0.05, 0) is 64.7 Å². The van der Waals surface area contributed by atoms with Crippen molar-refractivity contribution < 1.29 is 24.5 Å². The number of aliphatic hydroxyl groups excluding tert-OH is 1. The summed E-state index contributed by atoms with van der Waals surface area (Å²) in [5.41, 5.74) is 0.595. The van der Waals surface area contributed by atoms with Gasteiger partial charge in [0.15, 0.2) is 0 Å². The van der Waals surface area contributed by atoms with Crippen LogP contribution < -0.4 is 0 Å². The number of Topliss-reactive ketones (excluding diaryl/α,β-unsaturated/α-hetero) is 1. The number of carbonyl (C=O) groups excluding carboxylic acids is 2. The van der Waals surface area contributed by atoms with E-state index in [0.717, 1.165) is 32.1 Å². The molecule has 0 saturated heterocycles. The first-order valence-electron chi connectivity index (χ1n) is 11.1. The van der Waals surface area contributed by atoms with Crippen molar-refractivity contribution in [2.45, 2.75) is 83.2 Å². The highest BCUT2D eigenvalue weighted by Gasteiger charge is 2.34. The molecular weight excluding hydrogens is 380 g/mol. The lowest BCUT2D eigenvalue weighted by Gasteiger charge is -2.16. The van der Waals surface area contributed by atoms with Crippen LogP contribution in [0.3, 0.4) is 0 Å². The molecule has 1 saturated carbocycles. The molecule has 30 heavy (non-hydrogen) atoms. The fraction of sp³-hybridized carbons (Fsp3) is 0.600. The van der Waals surface area contributed by atoms with Gasteiger partial charge in [0.05, 0.1) is 24.2 Å². The summed E-state index contributed by atoms with van der Waals surface area (Å²) in [5.74, 6) is -1.13. The average molecular weight is 417 g/mol. The predicted molar refractivity (Wildman–Crippen MR) is 118 cm³/mol. The van der Waals surface area contributed by atoms with Crippen LogP contribution in [-0.2, 0) is 14.3 Å². The van der Waals surface area contributed by atoms with E-state index in [4.69, 9.17) is 4.74 Å². The summed E-state index contributed by atoms with van der Waals surface area (Å²) in [5, 5.41) is 20.8. The van der Waals surface area contributed by atoms with Gasteiger partial charge in [-0.1, -0.05) is 36.0 Å². The van der Waals surface area contributed by atoms with Crippen LogP contribution in [0.25, 0.3) is 0 Å². The minimum Gasteiger partial charge on any atom is -0.512 e. The van der Waals surface area contributed by atoms with Gasteiger partial charge in [-0.15, -0.1) is 0 Å². The Morgan fingerprint density at radius 1 is 1.27 bits per heavy atom. The maximum atomic E-state index is 12.1. The molecule has 2 atom stereocenters. The Morgan fingerprint density at radius 2 is 2.07 bits per heavy atom. The lowest BCUT2D eigenvalue weighted by Crippen LogP contribution is -2.20. The summed E-state index contributed by atoms with van der Waals surface area (Å²) in [7, 11) is 1.27. The zero-order valence-electron chi connectivity index (χ0n) is 18.4. The van der Waals surface area contributed by atoms with Crippen LogP contribution in [0.1, 0.15) is 77.6 Å². The Kier molecular flexibility index (Phi) is 9.57. The number of rotatable bonds is 11. The number of allylic oxidation sites excluding steroid dienone is 5. The molecule has 5 heteroatoms. The van der Waals surface area contributed by atoms with Gasteiger partial charge in [-0.2, -0.15) is 0 Å². The van der Waals surface area contributed by atoms with Crippen molar-refractivity contribution in [2.75, 3.05) is 7.11 Å². The average Bonchev–Trinajstić information content (AvgIpc) is 3.38. The first-order chi connectivity index (χ1) is 14.3. The van der Waals surface area contributed by atoms with Gasteiger partial charge in [0.25, 0.3) is 0 Å². The van der Waals surface area contributed by atoms with Crippen LogP contribution in [-0.4, -0.2) is 34.7 Å². The van der Waals surface area contributed by atoms with E-state index >= 15 is 0 Å². The summed E-state index contributed by atoms with van der Waals surface area (Å²) in [6, 6.07) is 0. The molecule has 0 aromatic carbocycles. The molecule has 0 aromatic heterocycles. The zero-order chi connectivity index (χ0) is 22.0. The molecule has 0 spiro atoms. The van der Waals surface area contributed by atoms with E-state index in [9.17, 15) is 19.8 Å². The molecule has 0 radical (unpaired) electrons. The van der Waals surface area contributed by atoms with E-state index < -0.39 is 17.5 Å². The number of esters is 1. The van der Waals surface area contributed by atoms with Crippen LogP contribution in [0.15, 0.2) is 47.3 Å². The van der Waals surface area contributed by atoms with Gasteiger partial charge >= 0.3 is 5.97 Å². The smallest absolute Gasteiger partial charge is 0.337 e. The first-order valence-corrected chi connectivity index (χ1v) is 11.1. The fourth-order valence-corrected chi connectivity index (χ4v) is 4.02. The molecule has 166 valence electrons. The normalized spacial score (nSPS) is 22.4. The fourth-order valence-electron chi connectivity index (χ4n) is 4.02. The summed E-state index contributed by atoms with van der Waals surface area (Å²) in [4.78, 5) is 24.1. The third-order valence-corrected chi connectivity index (χ3v) is 5.83. The van der Waals surface area contributed by atoms with Gasteiger partial charge in [-0.25, -0.2) is 4.79 Å². The number of ether oxygens (including phenoxy) is 1. The number of hydrogen-bond donors (Lipinski definition) is 2. The molecule has 5 nitrogen and oxygen atoms in total. The SMILES string of the molecule is COC(=O)C(=C(O)CCCC/C=C/CC(C)(O)/C=C/C1=CCCC1)[C@H]1CCCC1=O. The highest BCUT2D eigenvalue weighted by atomic mass is 16.5. The monoisotopic (exact) mass is 416 g/mol. The summed E-state index contributed by atoms with van der Waals surface area (Å²) in [6.45, 7) is 1.81. The molecule has 1 fully saturated rings. The van der Waals surface area contributed by atoms with E-state index in [0.29, 0.717) is 32.1 Å². The Morgan fingerprint density at radius 3 is 2.70 bits per heavy atom. The van der Waals surface area contributed by atoms with Crippen molar-refractivity contribution in [3.8, 4) is 0 Å². The molecule has 0 heterocycles. The quantitative estimate of drug-likeness (QED) is 0.158. The van der Waals surface area contributed by atoms with E-state index in [2.05, 4.69) is 6.08 Å². The number of aliphatic hydroxyl groups is 2. The Labute approximate surface area is 180 Å². The van der Waals surface area contributed by atoms with Crippen molar-refractivity contribution in [3.63, 3.8) is 0 Å². The standard InChI is InChI=1S/C25H36O5/c1-25(29,18-16-19-11-7-8-12-19)17-9-5-3-4-6-14-22(27)23(24(28)30-2)20-13-10-15-21(20)26/h5,9,11,16,18,20,27,29H,3-4,6-8,10,12-15,17H2,1-2H3/b9-5+,18-16+,23-22?/t20-,25?/m0/s1. The van der Waals surface area contributed by atoms with Crippen LogP contribution in [0.4, 0.5) is 0 Å². The van der Waals surface area contributed by atoms with E-state index in [1.807, 2.05) is 31.2 Å². The van der Waals surface area contributed by atoms with Crippen molar-refractivity contribution in [1.29, 1.82) is 0 Å². The van der Waals surface area contributed by atoms with Gasteiger partial charge in [-0.3, -0.25) is 4.79 Å². The number of unbranched alkanes of at least 4 members (excludes halogenated alkanes) is 2. The van der Waals surface area contributed by atoms with Crippen LogP contribution >= 0.6 is 0 Å². The van der Waals surface area contributed by atoms with Gasteiger partial charge in [0, 0.05) is 12.8 Å². The van der Waals surface area contributed by atoms with Crippen molar-refractivity contribution in [2.24, 2.45) is 5.92 Å². The van der Waals surface area contributed by atoms with Crippen LogP contribution in [0.2, 0.25) is 0 Å². The Bertz CT molecular complexity index is 724. The molecule has 2 aliphatic rings. The van der Waals surface area contributed by atoms with Gasteiger partial charge in [0.1, 0.15) is 11.5 Å². The van der Waals surface area contributed by atoms with E-state index in [1.54, 1.807) is 0 Å². The Balaban J connectivity index is 1.75. The van der Waals surface area contributed by atoms with Crippen molar-refractivity contribution >= 4 is 11.8 Å². The zero-order valence-corrected chi connectivity index (χ0v) is 18.4. The number of carbonyl (C=O) groups is 2. The molecule has 0 bridgehead atoms. The predicted octanol–water partition coefficient (Wildman–Crippen LogP) is 5.26. The molecule has 0 aliphatic heterocycles. The highest BCUT2D eigenvalue weighted by molar-refractivity contribution is 5.98. The topological polar surface area (TPSA) is 83.8 Å². The minimum atomic E-state index is -0.857. The maximum Gasteiger partial charge on any atom is 0.337 e. The maximum absolute atomic E-state index is 12.1. The summed E-state index contributed by atoms with van der Waals surface area (Å²) < 4.78 is 4.78. The highest BCUT2D eigenvalue weighted by Crippen LogP contribution is 2.31. The van der Waals surface area contributed by atoms with Gasteiger partial charge in [0.2, 0.25) is 0 Å². The third-order valence-electron chi connectivity index (χ3n) is 5.83. The molecule has 2 N–H and O–H groups in total. The van der Waals surface area contributed by atoms with E-state index in [1.165, 1.54) is 19.1 Å². The van der Waals surface area contributed by atoms with Crippen molar-refractivity contribution in [1.82, 2.24) is 0 Å². The number of hydrogen-bond acceptors (Lipinski definition) is 5. The molecule has 0 aromatic rings. The van der Waals surface area contributed by atoms with Crippen LogP contribution in [0, 0.1) is 5.92 Å². The summed E-state index contributed by atoms with van der Waals surface area (Å²) in [6.07, 6.45) is 18.7. The molecule has 2 rings (SSSR count). The molecule has 1 unspecified atom stereocenters.